The molecule has 0 radical (unpaired) electrons. The van der Waals surface area contributed by atoms with Gasteiger partial charge in [0.2, 0.25) is 5.95 Å². The van der Waals surface area contributed by atoms with Crippen LogP contribution in [-0.4, -0.2) is 24.1 Å². The Morgan fingerprint density at radius 1 is 0.258 bits per heavy atom. The second-order valence-corrected chi connectivity index (χ2v) is 15.9. The lowest BCUT2D eigenvalue weighted by Gasteiger charge is -2.16. The zero-order chi connectivity index (χ0) is 40.7. The number of hydrogen-bond acceptors (Lipinski definition) is 3. The van der Waals surface area contributed by atoms with E-state index in [0.717, 1.165) is 60.8 Å². The van der Waals surface area contributed by atoms with Gasteiger partial charge in [-0.25, -0.2) is 4.98 Å². The summed E-state index contributed by atoms with van der Waals surface area (Å²) in [5, 5.41) is 12.1. The first-order valence-electron chi connectivity index (χ1n) is 21.0. The Kier molecular flexibility index (Phi) is 7.54. The molecule has 0 fully saturated rings. The van der Waals surface area contributed by atoms with Crippen molar-refractivity contribution in [1.29, 1.82) is 0 Å². The molecule has 0 bridgehead atoms. The smallest absolute Gasteiger partial charge is 0.238 e. The molecule has 5 heteroatoms. The molecule has 0 aliphatic heterocycles. The van der Waals surface area contributed by atoms with Crippen molar-refractivity contribution in [3.63, 3.8) is 0 Å². The molecule has 0 N–H and O–H groups in total. The summed E-state index contributed by atoms with van der Waals surface area (Å²) >= 11 is 0. The third-order valence-electron chi connectivity index (χ3n) is 12.6. The molecule has 0 atom stereocenters. The first-order chi connectivity index (χ1) is 30.8. The quantitative estimate of drug-likeness (QED) is 0.163. The minimum atomic E-state index is 0.560. The molecular formula is C57H35N5. The molecule has 3 aromatic heterocycles. The van der Waals surface area contributed by atoms with Crippen molar-refractivity contribution in [2.24, 2.45) is 0 Å². The largest absolute Gasteiger partial charge is 0.309 e. The van der Waals surface area contributed by atoms with Crippen LogP contribution in [0.2, 0.25) is 0 Å². The van der Waals surface area contributed by atoms with Crippen LogP contribution >= 0.6 is 0 Å². The van der Waals surface area contributed by atoms with E-state index in [1.807, 2.05) is 0 Å². The number of para-hydroxylation sites is 5. The number of aromatic nitrogens is 5. The molecule has 10 aromatic carbocycles. The maximum atomic E-state index is 5.47. The van der Waals surface area contributed by atoms with Gasteiger partial charge < -0.3 is 4.57 Å². The van der Waals surface area contributed by atoms with Gasteiger partial charge >= 0.3 is 0 Å². The van der Waals surface area contributed by atoms with Crippen molar-refractivity contribution in [2.75, 3.05) is 0 Å². The third-order valence-corrected chi connectivity index (χ3v) is 12.6. The number of rotatable bonds is 5. The summed E-state index contributed by atoms with van der Waals surface area (Å²) in [6.07, 6.45) is 0. The second-order valence-electron chi connectivity index (χ2n) is 15.9. The summed E-state index contributed by atoms with van der Waals surface area (Å²) in [5.74, 6) is 1.75. The van der Waals surface area contributed by atoms with Crippen molar-refractivity contribution in [3.8, 4) is 45.5 Å². The van der Waals surface area contributed by atoms with Gasteiger partial charge in [-0.2, -0.15) is 9.97 Å². The van der Waals surface area contributed by atoms with Gasteiger partial charge in [0.05, 0.1) is 27.8 Å². The van der Waals surface area contributed by atoms with Gasteiger partial charge in [-0.1, -0.05) is 170 Å². The predicted molar refractivity (Wildman–Crippen MR) is 257 cm³/mol. The van der Waals surface area contributed by atoms with E-state index in [1.165, 1.54) is 43.1 Å². The molecule has 0 spiro atoms. The van der Waals surface area contributed by atoms with Crippen LogP contribution < -0.4 is 0 Å². The number of nitrogens with zero attached hydrogens (tertiary/aromatic N) is 5. The van der Waals surface area contributed by atoms with E-state index in [-0.39, 0.29) is 0 Å². The highest BCUT2D eigenvalue weighted by Crippen LogP contribution is 2.41. The van der Waals surface area contributed by atoms with Crippen LogP contribution in [0.1, 0.15) is 0 Å². The first-order valence-corrected chi connectivity index (χ1v) is 21.0. The van der Waals surface area contributed by atoms with Gasteiger partial charge in [-0.05, 0) is 85.9 Å². The van der Waals surface area contributed by atoms with Crippen molar-refractivity contribution >= 4 is 75.9 Å². The van der Waals surface area contributed by atoms with Crippen LogP contribution in [0.5, 0.6) is 0 Å². The Bertz CT molecular complexity index is 3810. The topological polar surface area (TPSA) is 48.5 Å². The van der Waals surface area contributed by atoms with Crippen LogP contribution in [0.3, 0.4) is 0 Å². The lowest BCUT2D eigenvalue weighted by atomic mass is 9.91. The normalized spacial score (nSPS) is 11.9. The summed E-state index contributed by atoms with van der Waals surface area (Å²) in [5.41, 5.74) is 9.30. The van der Waals surface area contributed by atoms with Crippen LogP contribution in [0, 0.1) is 0 Å². The van der Waals surface area contributed by atoms with E-state index < -0.39 is 0 Å². The average molecular weight is 790 g/mol. The predicted octanol–water partition coefficient (Wildman–Crippen LogP) is 14.5. The summed E-state index contributed by atoms with van der Waals surface area (Å²) in [7, 11) is 0. The van der Waals surface area contributed by atoms with E-state index in [4.69, 9.17) is 15.0 Å². The minimum Gasteiger partial charge on any atom is -0.309 e. The van der Waals surface area contributed by atoms with Crippen LogP contribution in [0.25, 0.3) is 121 Å². The maximum absolute atomic E-state index is 5.47. The van der Waals surface area contributed by atoms with Crippen molar-refractivity contribution in [3.05, 3.63) is 212 Å². The van der Waals surface area contributed by atoms with Gasteiger partial charge in [0.25, 0.3) is 0 Å². The molecule has 3 heterocycles. The Balaban J connectivity index is 1.09. The fraction of sp³-hybridized carbons (Fsp3) is 0. The molecule has 13 aromatic rings. The molecule has 288 valence electrons. The molecule has 0 aliphatic rings. The Morgan fingerprint density at radius 3 is 1.16 bits per heavy atom. The summed E-state index contributed by atoms with van der Waals surface area (Å²) in [4.78, 5) is 16.3. The Labute approximate surface area is 356 Å². The van der Waals surface area contributed by atoms with Gasteiger partial charge in [-0.3, -0.25) is 4.57 Å². The first kappa shape index (κ1) is 34.5. The summed E-state index contributed by atoms with van der Waals surface area (Å²) in [6.45, 7) is 0. The second kappa shape index (κ2) is 13.6. The summed E-state index contributed by atoms with van der Waals surface area (Å²) < 4.78 is 4.54. The molecule has 62 heavy (non-hydrogen) atoms. The van der Waals surface area contributed by atoms with Crippen molar-refractivity contribution in [1.82, 2.24) is 24.1 Å². The molecule has 13 rings (SSSR count). The van der Waals surface area contributed by atoms with Crippen LogP contribution in [0.4, 0.5) is 0 Å². The van der Waals surface area contributed by atoms with Crippen LogP contribution in [0.15, 0.2) is 212 Å². The van der Waals surface area contributed by atoms with E-state index in [1.54, 1.807) is 0 Å². The monoisotopic (exact) mass is 789 g/mol. The molecule has 0 saturated carbocycles. The van der Waals surface area contributed by atoms with Gasteiger partial charge in [0.1, 0.15) is 0 Å². The standard InChI is InChI=1S/C57H35N5/c1-6-26-47(37(17-1)36-33-34-42-40-20-3-2-18-38(40)39-19-4-5-21-41(39)49(42)35-36)55-58-56(60-57(59-55)62-52-30-14-9-24-45(52)46-25-10-15-31-53(46)62)48-27-11-16-32-54(48)61-50-28-12-7-22-43(50)44-23-8-13-29-51(44)61/h1-35H. The van der Waals surface area contributed by atoms with E-state index in [2.05, 4.69) is 221 Å². The Morgan fingerprint density at radius 2 is 0.629 bits per heavy atom. The maximum Gasteiger partial charge on any atom is 0.238 e. The van der Waals surface area contributed by atoms with Crippen molar-refractivity contribution < 1.29 is 0 Å². The number of fused-ring (bicyclic) bond motifs is 12. The fourth-order valence-electron chi connectivity index (χ4n) is 9.89. The zero-order valence-electron chi connectivity index (χ0n) is 33.4. The van der Waals surface area contributed by atoms with Gasteiger partial charge in [0, 0.05) is 32.7 Å². The van der Waals surface area contributed by atoms with Gasteiger partial charge in [0.15, 0.2) is 11.6 Å². The molecule has 0 amide bonds. The third kappa shape index (κ3) is 5.12. The van der Waals surface area contributed by atoms with Gasteiger partial charge in [-0.15, -0.1) is 0 Å². The lowest BCUT2D eigenvalue weighted by Crippen LogP contribution is -2.08. The highest BCUT2D eigenvalue weighted by Gasteiger charge is 2.22. The highest BCUT2D eigenvalue weighted by atomic mass is 15.2. The van der Waals surface area contributed by atoms with E-state index in [0.29, 0.717) is 17.6 Å². The molecule has 0 saturated heterocycles. The molecule has 0 unspecified atom stereocenters. The zero-order valence-corrected chi connectivity index (χ0v) is 33.4. The Hall–Kier alpha value is -8.41. The summed E-state index contributed by atoms with van der Waals surface area (Å²) in [6, 6.07) is 75.6. The lowest BCUT2D eigenvalue weighted by molar-refractivity contribution is 0.952. The fourth-order valence-corrected chi connectivity index (χ4v) is 9.89. The number of benzene rings is 10. The molecule has 5 nitrogen and oxygen atoms in total. The number of hydrogen-bond donors (Lipinski definition) is 0. The highest BCUT2D eigenvalue weighted by molar-refractivity contribution is 6.26. The molecular weight excluding hydrogens is 755 g/mol. The molecule has 0 aliphatic carbocycles. The average Bonchev–Trinajstić information content (AvgIpc) is 3.87. The van der Waals surface area contributed by atoms with E-state index in [9.17, 15) is 0 Å². The minimum absolute atomic E-state index is 0.560. The van der Waals surface area contributed by atoms with E-state index >= 15 is 0 Å². The van der Waals surface area contributed by atoms with Crippen LogP contribution in [-0.2, 0) is 0 Å². The SMILES string of the molecule is c1ccc(-c2nc(-c3ccccc3-n3c4ccccc4c4ccccc43)nc(-n3c4ccccc4c4ccccc43)n2)c(-c2ccc3c4ccccc4c4ccccc4c3c2)c1. The van der Waals surface area contributed by atoms with Crippen molar-refractivity contribution in [2.45, 2.75) is 0 Å².